The fraction of sp³-hybridized carbons (Fsp3) is 0.105. The van der Waals surface area contributed by atoms with Crippen molar-refractivity contribution in [2.75, 3.05) is 0 Å². The minimum absolute atomic E-state index is 0.236. The lowest BCUT2D eigenvalue weighted by Gasteiger charge is -2.10. The molecule has 6 heteroatoms. The van der Waals surface area contributed by atoms with Crippen molar-refractivity contribution >= 4 is 6.29 Å². The van der Waals surface area contributed by atoms with Crippen LogP contribution >= 0.6 is 0 Å². The van der Waals surface area contributed by atoms with Gasteiger partial charge < -0.3 is 9.15 Å². The summed E-state index contributed by atoms with van der Waals surface area (Å²) >= 11 is 0. The first-order valence-electron chi connectivity index (χ1n) is 7.38. The van der Waals surface area contributed by atoms with Crippen LogP contribution in [0.2, 0.25) is 0 Å². The number of carbonyl (C=O) groups excluding carboxylic acids is 1. The quantitative estimate of drug-likeness (QED) is 0.554. The molecule has 25 heavy (non-hydrogen) atoms. The lowest BCUT2D eigenvalue weighted by molar-refractivity contribution is -0.137. The molecule has 0 atom stereocenters. The van der Waals surface area contributed by atoms with Gasteiger partial charge in [-0.3, -0.25) is 4.79 Å². The molecule has 1 heterocycles. The number of alkyl halides is 3. The maximum absolute atomic E-state index is 12.6. The van der Waals surface area contributed by atoms with Crippen molar-refractivity contribution in [3.63, 3.8) is 0 Å². The van der Waals surface area contributed by atoms with Gasteiger partial charge in [-0.2, -0.15) is 13.2 Å². The summed E-state index contributed by atoms with van der Waals surface area (Å²) in [4.78, 5) is 10.7. The minimum atomic E-state index is -4.37. The molecule has 0 aliphatic heterocycles. The molecule has 3 nitrogen and oxygen atoms in total. The summed E-state index contributed by atoms with van der Waals surface area (Å²) in [6, 6.07) is 13.0. The van der Waals surface area contributed by atoms with Crippen molar-refractivity contribution in [1.82, 2.24) is 0 Å². The van der Waals surface area contributed by atoms with Crippen LogP contribution in [0.3, 0.4) is 0 Å². The molecule has 0 aliphatic carbocycles. The highest BCUT2D eigenvalue weighted by atomic mass is 19.4. The highest BCUT2D eigenvalue weighted by Crippen LogP contribution is 2.33. The topological polar surface area (TPSA) is 39.4 Å². The van der Waals surface area contributed by atoms with Gasteiger partial charge in [0.25, 0.3) is 0 Å². The van der Waals surface area contributed by atoms with E-state index in [9.17, 15) is 18.0 Å². The minimum Gasteiger partial charge on any atom is -0.457 e. The summed E-state index contributed by atoms with van der Waals surface area (Å²) in [5.74, 6) is 1.59. The molecule has 3 rings (SSSR count). The summed E-state index contributed by atoms with van der Waals surface area (Å²) < 4.78 is 48.7. The summed E-state index contributed by atoms with van der Waals surface area (Å²) in [6.07, 6.45) is -3.75. The molecule has 0 unspecified atom stereocenters. The average Bonchev–Trinajstić information content (AvgIpc) is 3.03. The van der Waals surface area contributed by atoms with E-state index in [2.05, 4.69) is 0 Å². The first-order valence-corrected chi connectivity index (χ1v) is 7.38. The van der Waals surface area contributed by atoms with Gasteiger partial charge in [0, 0.05) is 5.56 Å². The van der Waals surface area contributed by atoms with E-state index in [0.29, 0.717) is 23.5 Å². The first-order chi connectivity index (χ1) is 11.9. The highest BCUT2D eigenvalue weighted by Gasteiger charge is 2.30. The van der Waals surface area contributed by atoms with E-state index >= 15 is 0 Å². The third-order valence-electron chi connectivity index (χ3n) is 3.62. The van der Waals surface area contributed by atoms with Crippen molar-refractivity contribution in [1.29, 1.82) is 0 Å². The third-order valence-corrected chi connectivity index (χ3v) is 3.62. The molecule has 0 radical (unpaired) electrons. The van der Waals surface area contributed by atoms with Crippen LogP contribution in [0.15, 0.2) is 59.0 Å². The van der Waals surface area contributed by atoms with E-state index in [1.165, 1.54) is 12.1 Å². The zero-order valence-electron chi connectivity index (χ0n) is 13.1. The Hall–Kier alpha value is -3.02. The normalized spacial score (nSPS) is 11.4. The number of benzene rings is 2. The molecule has 0 saturated heterocycles. The Bertz CT molecular complexity index is 893. The summed E-state index contributed by atoms with van der Waals surface area (Å²) in [6.45, 7) is 1.85. The van der Waals surface area contributed by atoms with E-state index in [-0.39, 0.29) is 5.76 Å². The molecule has 2 aromatic carbocycles. The Balaban J connectivity index is 1.80. The van der Waals surface area contributed by atoms with Crippen LogP contribution in [-0.4, -0.2) is 6.29 Å². The number of aldehydes is 1. The van der Waals surface area contributed by atoms with Gasteiger partial charge in [0.15, 0.2) is 12.0 Å². The molecule has 0 saturated carbocycles. The van der Waals surface area contributed by atoms with Crippen LogP contribution in [0, 0.1) is 6.92 Å². The van der Waals surface area contributed by atoms with Crippen LogP contribution in [0.1, 0.15) is 21.7 Å². The molecule has 0 amide bonds. The van der Waals surface area contributed by atoms with E-state index in [1.54, 1.807) is 30.3 Å². The molecular weight excluding hydrogens is 333 g/mol. The second-order valence-corrected chi connectivity index (χ2v) is 5.42. The Labute approximate surface area is 141 Å². The SMILES string of the molecule is Cc1cc(Oc2ccc(C(F)(F)F)cc2)ccc1-c1ccc(C=O)o1. The van der Waals surface area contributed by atoms with Gasteiger partial charge in [0.05, 0.1) is 5.56 Å². The van der Waals surface area contributed by atoms with E-state index < -0.39 is 11.7 Å². The molecule has 0 fully saturated rings. The van der Waals surface area contributed by atoms with Gasteiger partial charge in [-0.05, 0) is 67.1 Å². The maximum Gasteiger partial charge on any atom is 0.416 e. The third kappa shape index (κ3) is 3.74. The number of hydrogen-bond acceptors (Lipinski definition) is 3. The van der Waals surface area contributed by atoms with Crippen molar-refractivity contribution in [3.05, 3.63) is 71.5 Å². The van der Waals surface area contributed by atoms with Crippen LogP contribution in [0.5, 0.6) is 11.5 Å². The lowest BCUT2D eigenvalue weighted by atomic mass is 10.1. The number of aryl methyl sites for hydroxylation is 1. The van der Waals surface area contributed by atoms with Crippen molar-refractivity contribution in [2.24, 2.45) is 0 Å². The van der Waals surface area contributed by atoms with Crippen molar-refractivity contribution in [2.45, 2.75) is 13.1 Å². The monoisotopic (exact) mass is 346 g/mol. The smallest absolute Gasteiger partial charge is 0.416 e. The Morgan fingerprint density at radius 1 is 0.960 bits per heavy atom. The van der Waals surface area contributed by atoms with Gasteiger partial charge in [-0.15, -0.1) is 0 Å². The zero-order valence-corrected chi connectivity index (χ0v) is 13.1. The Morgan fingerprint density at radius 2 is 1.64 bits per heavy atom. The van der Waals surface area contributed by atoms with E-state index in [1.807, 2.05) is 6.92 Å². The van der Waals surface area contributed by atoms with Crippen molar-refractivity contribution < 1.29 is 27.1 Å². The molecule has 0 spiro atoms. The van der Waals surface area contributed by atoms with Gasteiger partial charge in [-0.1, -0.05) is 0 Å². The molecule has 0 aliphatic rings. The summed E-state index contributed by atoms with van der Waals surface area (Å²) in [5.41, 5.74) is 0.916. The van der Waals surface area contributed by atoms with Gasteiger partial charge in [-0.25, -0.2) is 0 Å². The Morgan fingerprint density at radius 3 is 2.20 bits per heavy atom. The summed E-state index contributed by atoms with van der Waals surface area (Å²) in [7, 11) is 0. The molecule has 3 aromatic rings. The largest absolute Gasteiger partial charge is 0.457 e. The fourth-order valence-electron chi connectivity index (χ4n) is 2.39. The second-order valence-electron chi connectivity index (χ2n) is 5.42. The molecule has 0 bridgehead atoms. The number of furan rings is 1. The molecule has 128 valence electrons. The van der Waals surface area contributed by atoms with Gasteiger partial charge >= 0.3 is 6.18 Å². The fourth-order valence-corrected chi connectivity index (χ4v) is 2.39. The average molecular weight is 346 g/mol. The van der Waals surface area contributed by atoms with Crippen LogP contribution in [0.25, 0.3) is 11.3 Å². The second kappa shape index (κ2) is 6.47. The number of halogens is 3. The van der Waals surface area contributed by atoms with E-state index in [0.717, 1.165) is 23.3 Å². The van der Waals surface area contributed by atoms with Gasteiger partial charge in [0.1, 0.15) is 17.3 Å². The standard InChI is InChI=1S/C19H13F3O3/c1-12-10-15(6-8-17(12)18-9-7-16(11-23)25-18)24-14-4-2-13(3-5-14)19(20,21)22/h2-11H,1H3. The number of carbonyl (C=O) groups is 1. The van der Waals surface area contributed by atoms with Crippen LogP contribution in [0.4, 0.5) is 13.2 Å². The molecule has 0 N–H and O–H groups in total. The molecular formula is C19H13F3O3. The van der Waals surface area contributed by atoms with E-state index in [4.69, 9.17) is 9.15 Å². The number of ether oxygens (including phenoxy) is 1. The summed E-state index contributed by atoms with van der Waals surface area (Å²) in [5, 5.41) is 0. The predicted octanol–water partition coefficient (Wildman–Crippen LogP) is 5.88. The maximum atomic E-state index is 12.6. The Kier molecular flexibility index (Phi) is 4.35. The predicted molar refractivity (Wildman–Crippen MR) is 85.8 cm³/mol. The van der Waals surface area contributed by atoms with Gasteiger partial charge in [0.2, 0.25) is 0 Å². The molecule has 1 aromatic heterocycles. The number of rotatable bonds is 4. The van der Waals surface area contributed by atoms with Crippen LogP contribution in [-0.2, 0) is 6.18 Å². The number of hydrogen-bond donors (Lipinski definition) is 0. The van der Waals surface area contributed by atoms with Crippen LogP contribution < -0.4 is 4.74 Å². The van der Waals surface area contributed by atoms with Crippen molar-refractivity contribution in [3.8, 4) is 22.8 Å². The lowest BCUT2D eigenvalue weighted by Crippen LogP contribution is -2.03. The highest BCUT2D eigenvalue weighted by molar-refractivity contribution is 5.73. The first kappa shape index (κ1) is 16.8. The zero-order chi connectivity index (χ0) is 18.0.